The van der Waals surface area contributed by atoms with Crippen LogP contribution in [0.1, 0.15) is 32.1 Å². The summed E-state index contributed by atoms with van der Waals surface area (Å²) >= 11 is 0. The molecule has 4 aliphatic rings. The summed E-state index contributed by atoms with van der Waals surface area (Å²) in [5, 5.41) is 9.51. The third-order valence-electron chi connectivity index (χ3n) is 6.14. The van der Waals surface area contributed by atoms with Crippen molar-refractivity contribution in [1.82, 2.24) is 4.90 Å². The number of carboxylic acid groups (broad SMARTS) is 1. The van der Waals surface area contributed by atoms with Crippen LogP contribution in [0.15, 0.2) is 0 Å². The molecule has 1 amide bonds. The van der Waals surface area contributed by atoms with Crippen LogP contribution >= 0.6 is 0 Å². The van der Waals surface area contributed by atoms with Gasteiger partial charge in [-0.15, -0.1) is 0 Å². The molecule has 0 radical (unpaired) electrons. The number of carboxylic acids is 1. The number of fused-ring (bicyclic) bond motifs is 2. The second-order valence-electron chi connectivity index (χ2n) is 7.16. The van der Waals surface area contributed by atoms with Gasteiger partial charge in [-0.25, -0.2) is 0 Å². The molecule has 22 heavy (non-hydrogen) atoms. The summed E-state index contributed by atoms with van der Waals surface area (Å²) in [4.78, 5) is 26.3. The number of ether oxygens (including phenoxy) is 2. The van der Waals surface area contributed by atoms with E-state index in [9.17, 15) is 14.7 Å². The van der Waals surface area contributed by atoms with E-state index in [-0.39, 0.29) is 23.7 Å². The van der Waals surface area contributed by atoms with Gasteiger partial charge in [0.2, 0.25) is 5.91 Å². The Bertz CT molecular complexity index is 477. The molecule has 122 valence electrons. The summed E-state index contributed by atoms with van der Waals surface area (Å²) in [5.74, 6) is -1.54. The lowest BCUT2D eigenvalue weighted by atomic mass is 9.78. The van der Waals surface area contributed by atoms with Crippen molar-refractivity contribution in [1.29, 1.82) is 0 Å². The maximum absolute atomic E-state index is 12.9. The predicted molar refractivity (Wildman–Crippen MR) is 75.9 cm³/mol. The van der Waals surface area contributed by atoms with Gasteiger partial charge >= 0.3 is 5.97 Å². The molecule has 6 heteroatoms. The summed E-state index contributed by atoms with van der Waals surface area (Å²) in [5.41, 5.74) is 0. The quantitative estimate of drug-likeness (QED) is 0.826. The average molecular weight is 309 g/mol. The number of likely N-dealkylation sites (tertiary alicyclic amines) is 1. The Labute approximate surface area is 129 Å². The van der Waals surface area contributed by atoms with Crippen LogP contribution in [0.4, 0.5) is 0 Å². The van der Waals surface area contributed by atoms with Crippen molar-refractivity contribution in [3.63, 3.8) is 0 Å². The lowest BCUT2D eigenvalue weighted by Crippen LogP contribution is -2.51. The summed E-state index contributed by atoms with van der Waals surface area (Å²) in [6, 6.07) is 0. The first-order valence-electron chi connectivity index (χ1n) is 8.39. The summed E-state index contributed by atoms with van der Waals surface area (Å²) in [7, 11) is 0. The van der Waals surface area contributed by atoms with Crippen LogP contribution < -0.4 is 0 Å². The molecular formula is C16H23NO5. The van der Waals surface area contributed by atoms with Gasteiger partial charge < -0.3 is 19.5 Å². The molecule has 2 saturated carbocycles. The molecule has 0 aromatic heterocycles. The smallest absolute Gasteiger partial charge is 0.307 e. The van der Waals surface area contributed by atoms with Crippen molar-refractivity contribution in [3.8, 4) is 0 Å². The lowest BCUT2D eigenvalue weighted by Gasteiger charge is -2.40. The Morgan fingerprint density at radius 3 is 2.18 bits per heavy atom. The highest BCUT2D eigenvalue weighted by Gasteiger charge is 2.55. The normalized spacial score (nSPS) is 39.5. The van der Waals surface area contributed by atoms with E-state index in [1.165, 1.54) is 0 Å². The number of carbonyl (C=O) groups excluding carboxylic acids is 1. The maximum atomic E-state index is 12.9. The van der Waals surface area contributed by atoms with E-state index in [1.54, 1.807) is 0 Å². The molecule has 2 aliphatic carbocycles. The fourth-order valence-corrected chi connectivity index (χ4v) is 5.07. The zero-order chi connectivity index (χ0) is 15.3. The number of hydrogen-bond acceptors (Lipinski definition) is 4. The van der Waals surface area contributed by atoms with Gasteiger partial charge in [-0.1, -0.05) is 0 Å². The van der Waals surface area contributed by atoms with E-state index < -0.39 is 17.7 Å². The van der Waals surface area contributed by atoms with E-state index in [2.05, 4.69) is 0 Å². The molecule has 4 rings (SSSR count). The van der Waals surface area contributed by atoms with Crippen molar-refractivity contribution in [2.45, 2.75) is 37.9 Å². The SMILES string of the molecule is O=C(O)[C@@H]1[C@@H]2CC[C@H](C2)[C@@H]1C(=O)N1CCC2(CC1)OCCO2. The van der Waals surface area contributed by atoms with Crippen molar-refractivity contribution < 1.29 is 24.2 Å². The number of carbonyl (C=O) groups is 2. The molecule has 2 heterocycles. The van der Waals surface area contributed by atoms with Crippen molar-refractivity contribution in [2.24, 2.45) is 23.7 Å². The Hall–Kier alpha value is -1.14. The fourth-order valence-electron chi connectivity index (χ4n) is 5.07. The third kappa shape index (κ3) is 2.15. The number of amides is 1. The Balaban J connectivity index is 1.45. The number of hydrogen-bond donors (Lipinski definition) is 1. The number of piperidine rings is 1. The van der Waals surface area contributed by atoms with Gasteiger partial charge in [0.25, 0.3) is 0 Å². The van der Waals surface area contributed by atoms with E-state index in [1.807, 2.05) is 4.90 Å². The Morgan fingerprint density at radius 2 is 1.59 bits per heavy atom. The van der Waals surface area contributed by atoms with Gasteiger partial charge in [0.05, 0.1) is 25.0 Å². The van der Waals surface area contributed by atoms with Crippen molar-refractivity contribution in [2.75, 3.05) is 26.3 Å². The number of rotatable bonds is 2. The summed E-state index contributed by atoms with van der Waals surface area (Å²) in [6.07, 6.45) is 4.27. The molecule has 0 aromatic carbocycles. The van der Waals surface area contributed by atoms with Crippen LogP contribution in [0, 0.1) is 23.7 Å². The van der Waals surface area contributed by atoms with Gasteiger partial charge in [0, 0.05) is 25.9 Å². The van der Waals surface area contributed by atoms with Crippen LogP contribution in [0.2, 0.25) is 0 Å². The van der Waals surface area contributed by atoms with Crippen molar-refractivity contribution >= 4 is 11.9 Å². The minimum Gasteiger partial charge on any atom is -0.481 e. The van der Waals surface area contributed by atoms with Gasteiger partial charge in [-0.05, 0) is 31.1 Å². The van der Waals surface area contributed by atoms with E-state index in [0.29, 0.717) is 39.1 Å². The molecule has 2 aliphatic heterocycles. The molecule has 4 fully saturated rings. The van der Waals surface area contributed by atoms with Crippen LogP contribution in [0.3, 0.4) is 0 Å². The highest BCUT2D eigenvalue weighted by molar-refractivity contribution is 5.86. The fraction of sp³-hybridized carbons (Fsp3) is 0.875. The van der Waals surface area contributed by atoms with E-state index in [0.717, 1.165) is 19.3 Å². The third-order valence-corrected chi connectivity index (χ3v) is 6.14. The first-order valence-corrected chi connectivity index (χ1v) is 8.39. The van der Waals surface area contributed by atoms with Crippen LogP contribution in [0.25, 0.3) is 0 Å². The Morgan fingerprint density at radius 1 is 1.00 bits per heavy atom. The number of aliphatic carboxylic acids is 1. The summed E-state index contributed by atoms with van der Waals surface area (Å²) in [6.45, 7) is 2.47. The second-order valence-corrected chi connectivity index (χ2v) is 7.16. The summed E-state index contributed by atoms with van der Waals surface area (Å²) < 4.78 is 11.4. The molecular weight excluding hydrogens is 286 g/mol. The standard InChI is InChI=1S/C16H23NO5/c18-14(12-10-1-2-11(9-10)13(12)15(19)20)17-5-3-16(4-6-17)21-7-8-22-16/h10-13H,1-9H2,(H,19,20)/t10-,11-,12+,13-/m1/s1. The molecule has 0 aromatic rings. The van der Waals surface area contributed by atoms with Crippen molar-refractivity contribution in [3.05, 3.63) is 0 Å². The molecule has 2 saturated heterocycles. The topological polar surface area (TPSA) is 76.1 Å². The molecule has 4 atom stereocenters. The van der Waals surface area contributed by atoms with E-state index in [4.69, 9.17) is 9.47 Å². The van der Waals surface area contributed by atoms with Gasteiger partial charge in [0.1, 0.15) is 0 Å². The molecule has 1 N–H and O–H groups in total. The minimum atomic E-state index is -0.790. The monoisotopic (exact) mass is 309 g/mol. The Kier molecular flexibility index (Phi) is 3.42. The second kappa shape index (κ2) is 5.20. The van der Waals surface area contributed by atoms with E-state index >= 15 is 0 Å². The molecule has 6 nitrogen and oxygen atoms in total. The van der Waals surface area contributed by atoms with Crippen LogP contribution in [-0.2, 0) is 19.1 Å². The number of nitrogens with zero attached hydrogens (tertiary/aromatic N) is 1. The maximum Gasteiger partial charge on any atom is 0.307 e. The minimum absolute atomic E-state index is 0.0486. The largest absolute Gasteiger partial charge is 0.481 e. The molecule has 1 spiro atoms. The first kappa shape index (κ1) is 14.5. The average Bonchev–Trinajstić information content (AvgIpc) is 3.22. The van der Waals surface area contributed by atoms with Crippen LogP contribution in [-0.4, -0.2) is 54.0 Å². The zero-order valence-electron chi connectivity index (χ0n) is 12.7. The highest BCUT2D eigenvalue weighted by Crippen LogP contribution is 2.53. The molecule has 0 unspecified atom stereocenters. The van der Waals surface area contributed by atoms with Crippen LogP contribution in [0.5, 0.6) is 0 Å². The van der Waals surface area contributed by atoms with Gasteiger partial charge in [-0.3, -0.25) is 9.59 Å². The van der Waals surface area contributed by atoms with Gasteiger partial charge in [-0.2, -0.15) is 0 Å². The highest BCUT2D eigenvalue weighted by atomic mass is 16.7. The molecule has 2 bridgehead atoms. The first-order chi connectivity index (χ1) is 10.6. The predicted octanol–water partition coefficient (Wildman–Crippen LogP) is 1.10. The lowest BCUT2D eigenvalue weighted by molar-refractivity contribution is -0.189. The zero-order valence-corrected chi connectivity index (χ0v) is 12.7. The van der Waals surface area contributed by atoms with Gasteiger partial charge in [0.15, 0.2) is 5.79 Å².